The summed E-state index contributed by atoms with van der Waals surface area (Å²) < 4.78 is 2.27. The molecule has 206 valence electrons. The van der Waals surface area contributed by atoms with Crippen molar-refractivity contribution in [1.29, 1.82) is 0 Å². The Bertz CT molecular complexity index is 934. The van der Waals surface area contributed by atoms with E-state index >= 15 is 0 Å². The van der Waals surface area contributed by atoms with E-state index in [0.717, 1.165) is 30.5 Å². The molecule has 2 aromatic heterocycles. The van der Waals surface area contributed by atoms with Gasteiger partial charge in [-0.2, -0.15) is 0 Å². The van der Waals surface area contributed by atoms with Crippen LogP contribution < -0.4 is 0 Å². The van der Waals surface area contributed by atoms with Gasteiger partial charge >= 0.3 is 5.97 Å². The number of aliphatic carboxylic acids is 1. The van der Waals surface area contributed by atoms with Gasteiger partial charge in [-0.05, 0) is 82.6 Å². The highest BCUT2D eigenvalue weighted by molar-refractivity contribution is 5.66. The Morgan fingerprint density at radius 2 is 1.81 bits per heavy atom. The lowest BCUT2D eigenvalue weighted by atomic mass is 9.77. The quantitative estimate of drug-likeness (QED) is 0.351. The normalized spacial score (nSPS) is 18.5. The fourth-order valence-corrected chi connectivity index (χ4v) is 6.13. The number of nitrogens with one attached hydrogen (secondary N) is 1. The van der Waals surface area contributed by atoms with Crippen molar-refractivity contribution in [2.24, 2.45) is 11.3 Å². The highest BCUT2D eigenvalue weighted by atomic mass is 16.4. The molecule has 0 aliphatic carbocycles. The maximum absolute atomic E-state index is 11.0. The van der Waals surface area contributed by atoms with Gasteiger partial charge in [0.2, 0.25) is 0 Å². The average Bonchev–Trinajstić information content (AvgIpc) is 3.61. The molecule has 1 spiro atoms. The molecule has 2 saturated heterocycles. The van der Waals surface area contributed by atoms with Crippen LogP contribution >= 0.6 is 0 Å². The van der Waals surface area contributed by atoms with Gasteiger partial charge < -0.3 is 24.5 Å². The molecular weight excluding hydrogens is 466 g/mol. The molecule has 0 aromatic carbocycles. The van der Waals surface area contributed by atoms with Gasteiger partial charge in [-0.3, -0.25) is 9.69 Å². The zero-order valence-corrected chi connectivity index (χ0v) is 22.9. The maximum Gasteiger partial charge on any atom is 0.303 e. The predicted octanol–water partition coefficient (Wildman–Crippen LogP) is 3.70. The molecule has 2 fully saturated rings. The molecule has 0 unspecified atom stereocenters. The molecule has 0 saturated carbocycles. The van der Waals surface area contributed by atoms with Crippen molar-refractivity contribution in [3.05, 3.63) is 36.4 Å². The number of carboxylic acid groups (broad SMARTS) is 1. The third-order valence-corrected chi connectivity index (χ3v) is 8.14. The number of aryl methyl sites for hydroxylation is 1. The molecule has 2 aliphatic heterocycles. The maximum atomic E-state index is 11.0. The minimum absolute atomic E-state index is 0.178. The summed E-state index contributed by atoms with van der Waals surface area (Å²) in [5.41, 5.74) is 0.573. The number of imidazole rings is 2. The summed E-state index contributed by atoms with van der Waals surface area (Å²) in [6.07, 6.45) is 14.8. The number of likely N-dealkylation sites (tertiary alicyclic amines) is 2. The van der Waals surface area contributed by atoms with E-state index in [0.29, 0.717) is 31.5 Å². The number of rotatable bonds is 15. The second-order valence-electron chi connectivity index (χ2n) is 11.7. The Labute approximate surface area is 222 Å². The molecule has 2 aliphatic rings. The van der Waals surface area contributed by atoms with Crippen molar-refractivity contribution in [3.8, 4) is 0 Å². The van der Waals surface area contributed by atoms with Crippen LogP contribution in [0.4, 0.5) is 0 Å². The fraction of sp³-hybridized carbons (Fsp3) is 0.750. The fourth-order valence-electron chi connectivity index (χ4n) is 6.13. The van der Waals surface area contributed by atoms with Crippen molar-refractivity contribution in [1.82, 2.24) is 34.2 Å². The van der Waals surface area contributed by atoms with E-state index in [2.05, 4.69) is 54.3 Å². The van der Waals surface area contributed by atoms with Crippen molar-refractivity contribution in [2.75, 3.05) is 45.8 Å². The van der Waals surface area contributed by atoms with Crippen LogP contribution in [0.2, 0.25) is 0 Å². The summed E-state index contributed by atoms with van der Waals surface area (Å²) in [6, 6.07) is 0. The lowest BCUT2D eigenvalue weighted by Gasteiger charge is -2.40. The summed E-state index contributed by atoms with van der Waals surface area (Å²) in [7, 11) is 0. The number of hydrogen-bond donors (Lipinski definition) is 2. The lowest BCUT2D eigenvalue weighted by molar-refractivity contribution is -0.137. The standard InChI is InChI=1S/C28H47N7O2/c1-24(2)20-32-16-7-28(8-17-32)9-18-33(23-28)13-3-4-15-35-19-12-31-26(35)22-34(14-5-6-27(36)37)21-25-29-10-11-30-25/h10-12,19,24H,3-9,13-18,20-23H2,1-2H3,(H,29,30)(H,36,37). The van der Waals surface area contributed by atoms with Gasteiger partial charge in [0, 0.05) is 50.8 Å². The first kappa shape index (κ1) is 27.8. The number of nitrogens with zero attached hydrogens (tertiary/aromatic N) is 6. The minimum Gasteiger partial charge on any atom is -0.481 e. The molecule has 4 heterocycles. The molecular formula is C28H47N7O2. The number of carbonyl (C=O) groups is 1. The number of carboxylic acids is 1. The largest absolute Gasteiger partial charge is 0.481 e. The summed E-state index contributed by atoms with van der Waals surface area (Å²) in [6.45, 7) is 15.2. The van der Waals surface area contributed by atoms with E-state index in [1.807, 2.05) is 12.4 Å². The van der Waals surface area contributed by atoms with Crippen LogP contribution in [0.3, 0.4) is 0 Å². The van der Waals surface area contributed by atoms with Gasteiger partial charge in [-0.15, -0.1) is 0 Å². The van der Waals surface area contributed by atoms with Crippen LogP contribution in [0.1, 0.15) is 70.4 Å². The van der Waals surface area contributed by atoms with Crippen molar-refractivity contribution in [3.63, 3.8) is 0 Å². The Kier molecular flexibility index (Phi) is 10.2. The number of unbranched alkanes of at least 4 members (excludes halogenated alkanes) is 1. The van der Waals surface area contributed by atoms with E-state index < -0.39 is 5.97 Å². The Balaban J connectivity index is 1.19. The summed E-state index contributed by atoms with van der Waals surface area (Å²) in [5, 5.41) is 9.04. The highest BCUT2D eigenvalue weighted by Gasteiger charge is 2.40. The number of aromatic amines is 1. The van der Waals surface area contributed by atoms with E-state index in [-0.39, 0.29) is 6.42 Å². The minimum atomic E-state index is -0.750. The summed E-state index contributed by atoms with van der Waals surface area (Å²) in [5.74, 6) is 1.94. The van der Waals surface area contributed by atoms with Crippen LogP contribution in [0.25, 0.3) is 0 Å². The number of hydrogen-bond acceptors (Lipinski definition) is 6. The Morgan fingerprint density at radius 3 is 2.51 bits per heavy atom. The zero-order valence-electron chi connectivity index (χ0n) is 22.9. The molecule has 2 aromatic rings. The van der Waals surface area contributed by atoms with Crippen LogP contribution in [-0.2, 0) is 24.4 Å². The van der Waals surface area contributed by atoms with Crippen molar-refractivity contribution < 1.29 is 9.90 Å². The molecule has 37 heavy (non-hydrogen) atoms. The average molecular weight is 514 g/mol. The highest BCUT2D eigenvalue weighted by Crippen LogP contribution is 2.40. The predicted molar refractivity (Wildman–Crippen MR) is 145 cm³/mol. The molecule has 0 bridgehead atoms. The molecule has 9 heteroatoms. The van der Waals surface area contributed by atoms with Gasteiger partial charge in [0.05, 0.1) is 13.1 Å². The monoisotopic (exact) mass is 513 g/mol. The molecule has 4 rings (SSSR count). The lowest BCUT2D eigenvalue weighted by Crippen LogP contribution is -2.42. The summed E-state index contributed by atoms with van der Waals surface area (Å²) >= 11 is 0. The van der Waals surface area contributed by atoms with Gasteiger partial charge in [0.25, 0.3) is 0 Å². The second-order valence-corrected chi connectivity index (χ2v) is 11.7. The number of H-pyrrole nitrogens is 1. The zero-order chi connectivity index (χ0) is 26.1. The van der Waals surface area contributed by atoms with E-state index in [1.165, 1.54) is 65.0 Å². The SMILES string of the molecule is CC(C)CN1CCC2(CC1)CCN(CCCCn1ccnc1CN(CCCC(=O)O)Cc1ncc[nH]1)C2. The molecule has 0 atom stereocenters. The first-order chi connectivity index (χ1) is 17.9. The molecule has 0 radical (unpaired) electrons. The van der Waals surface area contributed by atoms with Gasteiger partial charge in [0.1, 0.15) is 11.6 Å². The summed E-state index contributed by atoms with van der Waals surface area (Å²) in [4.78, 5) is 30.7. The Hall–Kier alpha value is -2.23. The van der Waals surface area contributed by atoms with Gasteiger partial charge in [-0.1, -0.05) is 13.8 Å². The van der Waals surface area contributed by atoms with E-state index in [1.54, 1.807) is 6.20 Å². The van der Waals surface area contributed by atoms with Crippen molar-refractivity contribution >= 4 is 5.97 Å². The molecule has 9 nitrogen and oxygen atoms in total. The third kappa shape index (κ3) is 8.65. The third-order valence-electron chi connectivity index (χ3n) is 8.14. The van der Waals surface area contributed by atoms with Crippen LogP contribution in [0.5, 0.6) is 0 Å². The number of piperidine rings is 1. The van der Waals surface area contributed by atoms with Crippen LogP contribution in [0.15, 0.2) is 24.8 Å². The van der Waals surface area contributed by atoms with Gasteiger partial charge in [0.15, 0.2) is 0 Å². The van der Waals surface area contributed by atoms with E-state index in [4.69, 9.17) is 5.11 Å². The van der Waals surface area contributed by atoms with Crippen LogP contribution in [0, 0.1) is 11.3 Å². The van der Waals surface area contributed by atoms with E-state index in [9.17, 15) is 4.79 Å². The first-order valence-electron chi connectivity index (χ1n) is 14.3. The molecule has 2 N–H and O–H groups in total. The van der Waals surface area contributed by atoms with Crippen molar-refractivity contribution in [2.45, 2.75) is 78.4 Å². The smallest absolute Gasteiger partial charge is 0.303 e. The molecule has 0 amide bonds. The van der Waals surface area contributed by atoms with Gasteiger partial charge in [-0.25, -0.2) is 9.97 Å². The van der Waals surface area contributed by atoms with Crippen LogP contribution in [-0.4, -0.2) is 91.1 Å². The topological polar surface area (TPSA) is 93.5 Å². The first-order valence-corrected chi connectivity index (χ1v) is 14.3. The second kappa shape index (κ2) is 13.5. The number of aromatic nitrogens is 4. The Morgan fingerprint density at radius 1 is 1.05 bits per heavy atom.